The lowest BCUT2D eigenvalue weighted by Gasteiger charge is -2.34. The Morgan fingerprint density at radius 1 is 0.397 bits per heavy atom. The van der Waals surface area contributed by atoms with Gasteiger partial charge in [0.25, 0.3) is 0 Å². The van der Waals surface area contributed by atoms with E-state index in [0.29, 0.717) is 44.5 Å². The van der Waals surface area contributed by atoms with Crippen LogP contribution in [0.1, 0.15) is 212 Å². The Morgan fingerprint density at radius 3 is 0.971 bits per heavy atom. The predicted molar refractivity (Wildman–Crippen MR) is 278 cm³/mol. The Bertz CT molecular complexity index is 2510. The maximum Gasteiger partial charge on any atom is 0.307 e. The second-order valence-electron chi connectivity index (χ2n) is 26.7. The normalized spacial score (nSPS) is 14.2. The molecule has 68 heavy (non-hydrogen) atoms. The van der Waals surface area contributed by atoms with Gasteiger partial charge < -0.3 is 30.6 Å². The standard InChI is InChI=1S/C60H86O8/c1-54(2,3)41-29-38(50(63)45(31-41)58(13,14)15)27-36-21-34(24-43(48(36)61)56(7,8)9)23-40(52(65)66)33-60(19,20)47(53(67)68)26-35-22-37(49(62)44(25-35)57(10,11)12)28-39-30-42(55(4,5)6)32-46(51(39)64)59(16,17)18/h21-22,24-25,29-32,40,47,61-64H,23,26-28,33H2,1-20H3,(H,65,66)(H,67,68). The topological polar surface area (TPSA) is 156 Å². The molecule has 4 rings (SSSR count). The summed E-state index contributed by atoms with van der Waals surface area (Å²) in [4.78, 5) is 26.7. The summed E-state index contributed by atoms with van der Waals surface area (Å²) < 4.78 is 0. The SMILES string of the molecule is CC(C)(C)c1cc(Cc2cc(CC(CC(C)(C)C(Cc3cc(Cc4cc(C(C)(C)C)cc(C(C)(C)C)c4O)c(O)c(C(C)(C)C)c3)C(=O)O)C(=O)O)cc(C(C)(C)C)c2O)c(O)c(C(C)(C)C)c1. The summed E-state index contributed by atoms with van der Waals surface area (Å²) in [5, 5.41) is 69.0. The van der Waals surface area contributed by atoms with Gasteiger partial charge in [-0.3, -0.25) is 9.59 Å². The number of rotatable bonds is 13. The van der Waals surface area contributed by atoms with Crippen molar-refractivity contribution in [3.05, 3.63) is 115 Å². The monoisotopic (exact) mass is 935 g/mol. The number of aromatic hydroxyl groups is 4. The summed E-state index contributed by atoms with van der Waals surface area (Å²) >= 11 is 0. The summed E-state index contributed by atoms with van der Waals surface area (Å²) in [7, 11) is 0. The second kappa shape index (κ2) is 19.1. The zero-order chi connectivity index (χ0) is 52.2. The number of carbonyl (C=O) groups is 2. The molecule has 0 aliphatic carbocycles. The molecule has 8 nitrogen and oxygen atoms in total. The first-order valence-corrected chi connectivity index (χ1v) is 24.4. The number of benzene rings is 4. The largest absolute Gasteiger partial charge is 0.507 e. The van der Waals surface area contributed by atoms with Gasteiger partial charge in [0.2, 0.25) is 0 Å². The molecule has 0 aromatic heterocycles. The van der Waals surface area contributed by atoms with E-state index in [-0.39, 0.29) is 76.8 Å². The number of carboxylic acids is 2. The van der Waals surface area contributed by atoms with Crippen molar-refractivity contribution in [2.24, 2.45) is 17.3 Å². The van der Waals surface area contributed by atoms with Crippen LogP contribution in [0.15, 0.2) is 48.5 Å². The minimum Gasteiger partial charge on any atom is -0.507 e. The zero-order valence-corrected chi connectivity index (χ0v) is 45.3. The average Bonchev–Trinajstić information content (AvgIpc) is 3.14. The average molecular weight is 935 g/mol. The van der Waals surface area contributed by atoms with Crippen molar-refractivity contribution >= 4 is 11.9 Å². The third-order valence-electron chi connectivity index (χ3n) is 13.9. The Morgan fingerprint density at radius 2 is 0.691 bits per heavy atom. The first kappa shape index (κ1) is 55.6. The molecule has 0 radical (unpaired) electrons. The zero-order valence-electron chi connectivity index (χ0n) is 45.3. The molecular weight excluding hydrogens is 849 g/mol. The van der Waals surface area contributed by atoms with Crippen molar-refractivity contribution in [1.82, 2.24) is 0 Å². The second-order valence-corrected chi connectivity index (χ2v) is 26.7. The highest BCUT2D eigenvalue weighted by molar-refractivity contribution is 5.73. The van der Waals surface area contributed by atoms with Crippen molar-refractivity contribution in [2.75, 3.05) is 0 Å². The third-order valence-corrected chi connectivity index (χ3v) is 13.9. The van der Waals surface area contributed by atoms with Gasteiger partial charge in [0.1, 0.15) is 23.0 Å². The van der Waals surface area contributed by atoms with Crippen LogP contribution in [-0.2, 0) is 67.8 Å². The molecule has 4 aromatic carbocycles. The van der Waals surface area contributed by atoms with Crippen LogP contribution in [0.2, 0.25) is 0 Å². The van der Waals surface area contributed by atoms with E-state index in [4.69, 9.17) is 0 Å². The van der Waals surface area contributed by atoms with Gasteiger partial charge in [-0.15, -0.1) is 0 Å². The molecule has 0 fully saturated rings. The molecular formula is C60H86O8. The van der Waals surface area contributed by atoms with E-state index >= 15 is 0 Å². The number of hydrogen-bond acceptors (Lipinski definition) is 6. The number of carboxylic acid groups (broad SMARTS) is 2. The molecule has 374 valence electrons. The molecule has 2 unspecified atom stereocenters. The Kier molecular flexibility index (Phi) is 15.6. The van der Waals surface area contributed by atoms with E-state index in [2.05, 4.69) is 95.2 Å². The van der Waals surface area contributed by atoms with E-state index in [9.17, 15) is 40.2 Å². The summed E-state index contributed by atoms with van der Waals surface area (Å²) in [6, 6.07) is 15.5. The summed E-state index contributed by atoms with van der Waals surface area (Å²) in [6.45, 7) is 40.7. The number of phenols is 4. The molecule has 0 aliphatic heterocycles. The Balaban J connectivity index is 1.80. The van der Waals surface area contributed by atoms with Crippen LogP contribution in [0.5, 0.6) is 23.0 Å². The van der Waals surface area contributed by atoms with Gasteiger partial charge in [0.05, 0.1) is 11.8 Å². The fraction of sp³-hybridized carbons (Fsp3) is 0.567. The van der Waals surface area contributed by atoms with E-state index < -0.39 is 40.0 Å². The lowest BCUT2D eigenvalue weighted by atomic mass is 9.69. The molecule has 0 spiro atoms. The lowest BCUT2D eigenvalue weighted by molar-refractivity contribution is -0.149. The highest BCUT2D eigenvalue weighted by atomic mass is 16.4. The molecule has 8 heteroatoms. The fourth-order valence-corrected chi connectivity index (χ4v) is 9.49. The first-order valence-electron chi connectivity index (χ1n) is 24.4. The molecule has 2 atom stereocenters. The highest BCUT2D eigenvalue weighted by Crippen LogP contribution is 2.45. The van der Waals surface area contributed by atoms with Gasteiger partial charge in [-0.1, -0.05) is 187 Å². The van der Waals surface area contributed by atoms with Crippen molar-refractivity contribution in [1.29, 1.82) is 0 Å². The molecule has 0 amide bonds. The first-order chi connectivity index (χ1) is 30.5. The Hall–Kier alpha value is -4.98. The van der Waals surface area contributed by atoms with Crippen LogP contribution < -0.4 is 0 Å². The minimum absolute atomic E-state index is 0.0455. The molecule has 4 aromatic rings. The number of phenolic OH excluding ortho intramolecular Hbond substituents is 4. The van der Waals surface area contributed by atoms with Gasteiger partial charge in [-0.25, -0.2) is 0 Å². The molecule has 6 N–H and O–H groups in total. The van der Waals surface area contributed by atoms with E-state index in [1.54, 1.807) is 0 Å². The van der Waals surface area contributed by atoms with Crippen molar-refractivity contribution in [3.8, 4) is 23.0 Å². The maximum atomic E-state index is 13.4. The summed E-state index contributed by atoms with van der Waals surface area (Å²) in [5.74, 6) is -3.52. The van der Waals surface area contributed by atoms with E-state index in [1.807, 2.05) is 91.8 Å². The number of aliphatic carboxylic acids is 2. The molecule has 0 saturated carbocycles. The smallest absolute Gasteiger partial charge is 0.307 e. The summed E-state index contributed by atoms with van der Waals surface area (Å²) in [5.41, 5.74) is 5.77. The van der Waals surface area contributed by atoms with Crippen molar-refractivity contribution in [2.45, 2.75) is 203 Å². The highest BCUT2D eigenvalue weighted by Gasteiger charge is 2.40. The predicted octanol–water partition coefficient (Wildman–Crippen LogP) is 14.1. The van der Waals surface area contributed by atoms with E-state index in [1.165, 1.54) is 0 Å². The molecule has 0 aliphatic rings. The van der Waals surface area contributed by atoms with Crippen LogP contribution in [-0.4, -0.2) is 42.6 Å². The van der Waals surface area contributed by atoms with Gasteiger partial charge >= 0.3 is 11.9 Å². The van der Waals surface area contributed by atoms with Gasteiger partial charge in [0, 0.05) is 12.8 Å². The van der Waals surface area contributed by atoms with E-state index in [0.717, 1.165) is 22.3 Å². The number of hydrogen-bond donors (Lipinski definition) is 6. The summed E-state index contributed by atoms with van der Waals surface area (Å²) in [6.07, 6.45) is 0.653. The maximum absolute atomic E-state index is 13.4. The lowest BCUT2D eigenvalue weighted by Crippen LogP contribution is -2.36. The minimum atomic E-state index is -1.05. The van der Waals surface area contributed by atoms with Gasteiger partial charge in [0.15, 0.2) is 0 Å². The van der Waals surface area contributed by atoms with Gasteiger partial charge in [-0.2, -0.15) is 0 Å². The van der Waals surface area contributed by atoms with Crippen LogP contribution in [0.25, 0.3) is 0 Å². The molecule has 0 heterocycles. The Labute approximate surface area is 409 Å². The van der Waals surface area contributed by atoms with Crippen LogP contribution in [0.3, 0.4) is 0 Å². The molecule has 0 saturated heterocycles. The fourth-order valence-electron chi connectivity index (χ4n) is 9.49. The van der Waals surface area contributed by atoms with Crippen molar-refractivity contribution < 1.29 is 40.2 Å². The third kappa shape index (κ3) is 13.0. The van der Waals surface area contributed by atoms with Gasteiger partial charge in [-0.05, 0) is 124 Å². The van der Waals surface area contributed by atoms with Crippen LogP contribution in [0, 0.1) is 17.3 Å². The molecule has 0 bridgehead atoms. The van der Waals surface area contributed by atoms with Crippen molar-refractivity contribution in [3.63, 3.8) is 0 Å². The van der Waals surface area contributed by atoms with Crippen LogP contribution in [0.4, 0.5) is 0 Å². The quantitative estimate of drug-likeness (QED) is 0.0774. The van der Waals surface area contributed by atoms with Crippen LogP contribution >= 0.6 is 0 Å².